The molecule has 124 valence electrons. The zero-order valence-corrected chi connectivity index (χ0v) is 14.0. The van der Waals surface area contributed by atoms with Crippen molar-refractivity contribution in [3.63, 3.8) is 0 Å². The van der Waals surface area contributed by atoms with Gasteiger partial charge in [-0.1, -0.05) is 26.0 Å². The molecular formula is C18H20N4O2. The Balaban J connectivity index is 1.75. The number of nitrogens with one attached hydrogen (secondary N) is 2. The lowest BCUT2D eigenvalue weighted by Crippen LogP contribution is -2.27. The molecular weight excluding hydrogens is 304 g/mol. The van der Waals surface area contributed by atoms with Crippen molar-refractivity contribution < 1.29 is 4.79 Å². The molecule has 0 aliphatic carbocycles. The van der Waals surface area contributed by atoms with E-state index in [2.05, 4.69) is 29.1 Å². The van der Waals surface area contributed by atoms with Crippen LogP contribution in [0.3, 0.4) is 0 Å². The fourth-order valence-electron chi connectivity index (χ4n) is 2.59. The second-order valence-electron chi connectivity index (χ2n) is 6.22. The Hall–Kier alpha value is -2.89. The molecule has 3 rings (SSSR count). The van der Waals surface area contributed by atoms with Crippen molar-refractivity contribution in [2.24, 2.45) is 0 Å². The number of hydrogen-bond donors (Lipinski definition) is 2. The SMILES string of the molecule is Cc1cc2c(=O)n(CC(=O)Nc3ccc(C(C)C)cc3)cnc2[nH]1. The quantitative estimate of drug-likeness (QED) is 0.774. The third-order valence-electron chi connectivity index (χ3n) is 3.92. The number of benzene rings is 1. The van der Waals surface area contributed by atoms with Gasteiger partial charge in [0.05, 0.1) is 5.39 Å². The maximum absolute atomic E-state index is 12.4. The van der Waals surface area contributed by atoms with Crippen LogP contribution in [0.2, 0.25) is 0 Å². The van der Waals surface area contributed by atoms with Gasteiger partial charge in [-0.2, -0.15) is 0 Å². The molecule has 0 atom stereocenters. The summed E-state index contributed by atoms with van der Waals surface area (Å²) in [6, 6.07) is 9.45. The first-order valence-corrected chi connectivity index (χ1v) is 7.88. The minimum Gasteiger partial charge on any atom is -0.343 e. The molecule has 2 heterocycles. The van der Waals surface area contributed by atoms with Gasteiger partial charge in [-0.25, -0.2) is 4.98 Å². The minimum absolute atomic E-state index is 0.0715. The molecule has 0 aliphatic heterocycles. The molecule has 0 saturated heterocycles. The second kappa shape index (κ2) is 6.31. The Morgan fingerprint density at radius 3 is 2.67 bits per heavy atom. The van der Waals surface area contributed by atoms with Gasteiger partial charge in [0.2, 0.25) is 5.91 Å². The van der Waals surface area contributed by atoms with Gasteiger partial charge in [0.1, 0.15) is 18.5 Å². The van der Waals surface area contributed by atoms with Crippen molar-refractivity contribution in [2.75, 3.05) is 5.32 Å². The van der Waals surface area contributed by atoms with Gasteiger partial charge in [0, 0.05) is 11.4 Å². The molecule has 0 saturated carbocycles. The van der Waals surface area contributed by atoms with E-state index in [1.165, 1.54) is 16.5 Å². The molecule has 0 fully saturated rings. The topological polar surface area (TPSA) is 79.8 Å². The number of rotatable bonds is 4. The average Bonchev–Trinajstić information content (AvgIpc) is 2.92. The molecule has 6 heteroatoms. The lowest BCUT2D eigenvalue weighted by molar-refractivity contribution is -0.116. The number of H-pyrrole nitrogens is 1. The molecule has 0 spiro atoms. The van der Waals surface area contributed by atoms with E-state index in [1.807, 2.05) is 31.2 Å². The van der Waals surface area contributed by atoms with Crippen molar-refractivity contribution >= 4 is 22.6 Å². The lowest BCUT2D eigenvalue weighted by Gasteiger charge is -2.09. The number of aryl methyl sites for hydroxylation is 1. The van der Waals surface area contributed by atoms with Crippen molar-refractivity contribution in [1.29, 1.82) is 0 Å². The van der Waals surface area contributed by atoms with Crippen LogP contribution in [0.1, 0.15) is 31.0 Å². The van der Waals surface area contributed by atoms with Crippen LogP contribution >= 0.6 is 0 Å². The number of amides is 1. The zero-order chi connectivity index (χ0) is 17.3. The van der Waals surface area contributed by atoms with Crippen molar-refractivity contribution in [2.45, 2.75) is 33.2 Å². The summed E-state index contributed by atoms with van der Waals surface area (Å²) >= 11 is 0. The fourth-order valence-corrected chi connectivity index (χ4v) is 2.59. The Labute approximate surface area is 139 Å². The van der Waals surface area contributed by atoms with Crippen LogP contribution in [0.5, 0.6) is 0 Å². The van der Waals surface area contributed by atoms with E-state index >= 15 is 0 Å². The first-order valence-electron chi connectivity index (χ1n) is 7.88. The van der Waals surface area contributed by atoms with Crippen LogP contribution in [0.4, 0.5) is 5.69 Å². The minimum atomic E-state index is -0.261. The molecule has 6 nitrogen and oxygen atoms in total. The average molecular weight is 324 g/mol. The standard InChI is InChI=1S/C18H20N4O2/c1-11(2)13-4-6-14(7-5-13)21-16(23)9-22-10-19-17-15(18(22)24)8-12(3)20-17/h4-8,10-11,20H,9H2,1-3H3,(H,21,23). The summed E-state index contributed by atoms with van der Waals surface area (Å²) in [5.41, 5.74) is 3.10. The van der Waals surface area contributed by atoms with Crippen LogP contribution in [0.15, 0.2) is 41.5 Å². The summed E-state index contributed by atoms with van der Waals surface area (Å²) in [7, 11) is 0. The predicted molar refractivity (Wildman–Crippen MR) is 94.3 cm³/mol. The highest BCUT2D eigenvalue weighted by atomic mass is 16.2. The van der Waals surface area contributed by atoms with E-state index in [9.17, 15) is 9.59 Å². The van der Waals surface area contributed by atoms with E-state index < -0.39 is 0 Å². The summed E-state index contributed by atoms with van der Waals surface area (Å²) in [5.74, 6) is 0.179. The number of nitrogens with zero attached hydrogens (tertiary/aromatic N) is 2. The van der Waals surface area contributed by atoms with E-state index in [1.54, 1.807) is 6.07 Å². The van der Waals surface area contributed by atoms with Crippen LogP contribution in [-0.2, 0) is 11.3 Å². The van der Waals surface area contributed by atoms with Crippen LogP contribution < -0.4 is 10.9 Å². The fraction of sp³-hybridized carbons (Fsp3) is 0.278. The van der Waals surface area contributed by atoms with Gasteiger partial charge in [-0.3, -0.25) is 14.2 Å². The summed E-state index contributed by atoms with van der Waals surface area (Å²) in [6.07, 6.45) is 1.39. The van der Waals surface area contributed by atoms with Gasteiger partial charge >= 0.3 is 0 Å². The van der Waals surface area contributed by atoms with Crippen LogP contribution in [0, 0.1) is 6.92 Å². The van der Waals surface area contributed by atoms with Gasteiger partial charge in [-0.05, 0) is 36.6 Å². The third kappa shape index (κ3) is 3.22. The van der Waals surface area contributed by atoms with E-state index in [0.717, 1.165) is 5.69 Å². The molecule has 0 bridgehead atoms. The number of aromatic nitrogens is 3. The highest BCUT2D eigenvalue weighted by Crippen LogP contribution is 2.17. The van der Waals surface area contributed by atoms with Crippen molar-refractivity contribution in [1.82, 2.24) is 14.5 Å². The Morgan fingerprint density at radius 2 is 2.00 bits per heavy atom. The summed E-state index contributed by atoms with van der Waals surface area (Å²) in [4.78, 5) is 31.8. The van der Waals surface area contributed by atoms with Gasteiger partial charge in [0.25, 0.3) is 5.56 Å². The number of fused-ring (bicyclic) bond motifs is 1. The molecule has 3 aromatic rings. The highest BCUT2D eigenvalue weighted by molar-refractivity contribution is 5.90. The maximum atomic E-state index is 12.4. The van der Waals surface area contributed by atoms with Crippen LogP contribution in [-0.4, -0.2) is 20.4 Å². The van der Waals surface area contributed by atoms with E-state index in [0.29, 0.717) is 22.6 Å². The highest BCUT2D eigenvalue weighted by Gasteiger charge is 2.10. The molecule has 0 radical (unpaired) electrons. The van der Waals surface area contributed by atoms with Crippen molar-refractivity contribution in [3.8, 4) is 0 Å². The largest absolute Gasteiger partial charge is 0.343 e. The Bertz CT molecular complexity index is 936. The summed E-state index contributed by atoms with van der Waals surface area (Å²) < 4.78 is 1.31. The number of carbonyl (C=O) groups is 1. The molecule has 1 aromatic carbocycles. The summed E-state index contributed by atoms with van der Waals surface area (Å²) in [5, 5.41) is 3.29. The second-order valence-corrected chi connectivity index (χ2v) is 6.22. The van der Waals surface area contributed by atoms with Gasteiger partial charge < -0.3 is 10.3 Å². The Morgan fingerprint density at radius 1 is 1.29 bits per heavy atom. The number of hydrogen-bond acceptors (Lipinski definition) is 3. The maximum Gasteiger partial charge on any atom is 0.263 e. The normalized spacial score (nSPS) is 11.2. The predicted octanol–water partition coefficient (Wildman–Crippen LogP) is 2.80. The molecule has 24 heavy (non-hydrogen) atoms. The lowest BCUT2D eigenvalue weighted by atomic mass is 10.0. The third-order valence-corrected chi connectivity index (χ3v) is 3.92. The molecule has 0 aliphatic rings. The zero-order valence-electron chi connectivity index (χ0n) is 14.0. The van der Waals surface area contributed by atoms with Gasteiger partial charge in [-0.15, -0.1) is 0 Å². The first-order chi connectivity index (χ1) is 11.4. The number of carbonyl (C=O) groups excluding carboxylic acids is 1. The smallest absolute Gasteiger partial charge is 0.263 e. The molecule has 1 amide bonds. The van der Waals surface area contributed by atoms with E-state index in [4.69, 9.17) is 0 Å². The van der Waals surface area contributed by atoms with E-state index in [-0.39, 0.29) is 18.0 Å². The molecule has 0 unspecified atom stereocenters. The monoisotopic (exact) mass is 324 g/mol. The number of anilines is 1. The molecule has 2 aromatic heterocycles. The first kappa shape index (κ1) is 16.0. The Kier molecular flexibility index (Phi) is 4.20. The van der Waals surface area contributed by atoms with Gasteiger partial charge in [0.15, 0.2) is 0 Å². The van der Waals surface area contributed by atoms with Crippen molar-refractivity contribution in [3.05, 3.63) is 58.3 Å². The molecule has 2 N–H and O–H groups in total. The number of aromatic amines is 1. The summed E-state index contributed by atoms with van der Waals surface area (Å²) in [6.45, 7) is 6.02. The van der Waals surface area contributed by atoms with Crippen LogP contribution in [0.25, 0.3) is 11.0 Å².